The van der Waals surface area contributed by atoms with E-state index in [1.165, 1.54) is 6.20 Å². The number of rotatable bonds is 1. The summed E-state index contributed by atoms with van der Waals surface area (Å²) in [6.07, 6.45) is 0.623. The van der Waals surface area contributed by atoms with Crippen molar-refractivity contribution in [1.82, 2.24) is 9.80 Å². The van der Waals surface area contributed by atoms with Gasteiger partial charge in [-0.25, -0.2) is 9.69 Å². The molecule has 0 spiro atoms. The minimum atomic E-state index is -0.789. The number of ether oxygens (including phenoxy) is 1. The third kappa shape index (κ3) is 3.32. The zero-order valence-electron chi connectivity index (χ0n) is 11.3. The summed E-state index contributed by atoms with van der Waals surface area (Å²) in [7, 11) is 3.40. The first-order valence-corrected chi connectivity index (χ1v) is 5.58. The fraction of sp³-hybridized carbons (Fsp3) is 0.583. The molecule has 1 rings (SSSR count). The van der Waals surface area contributed by atoms with E-state index in [9.17, 15) is 14.4 Å². The lowest BCUT2D eigenvalue weighted by Gasteiger charge is -2.22. The fourth-order valence-corrected chi connectivity index (χ4v) is 1.42. The zero-order chi connectivity index (χ0) is 14.1. The minimum Gasteiger partial charge on any atom is -0.443 e. The predicted molar refractivity (Wildman–Crippen MR) is 64.7 cm³/mol. The molecule has 0 aliphatic carbocycles. The average molecular weight is 254 g/mol. The molecule has 1 aliphatic rings. The van der Waals surface area contributed by atoms with Gasteiger partial charge in [-0.2, -0.15) is 0 Å². The minimum absolute atomic E-state index is 0.00543. The van der Waals surface area contributed by atoms with Crippen molar-refractivity contribution in [3.05, 3.63) is 11.8 Å². The summed E-state index contributed by atoms with van der Waals surface area (Å²) in [6.45, 7) is 4.84. The van der Waals surface area contributed by atoms with Crippen LogP contribution in [-0.4, -0.2) is 53.8 Å². The van der Waals surface area contributed by atoms with Crippen molar-refractivity contribution in [2.45, 2.75) is 26.4 Å². The molecule has 1 aliphatic heterocycles. The Labute approximate surface area is 106 Å². The number of hydrogen-bond acceptors (Lipinski definition) is 5. The van der Waals surface area contributed by atoms with Crippen LogP contribution in [0.4, 0.5) is 4.79 Å². The van der Waals surface area contributed by atoms with E-state index < -0.39 is 17.6 Å². The van der Waals surface area contributed by atoms with Gasteiger partial charge >= 0.3 is 6.09 Å². The molecule has 0 atom stereocenters. The number of carbonyl (C=O) groups is 3. The number of likely N-dealkylation sites (tertiary alicyclic amines) is 1. The summed E-state index contributed by atoms with van der Waals surface area (Å²) in [5, 5.41) is 0. The normalized spacial score (nSPS) is 18.5. The summed E-state index contributed by atoms with van der Waals surface area (Å²) in [4.78, 5) is 37.7. The molecule has 0 bridgehead atoms. The van der Waals surface area contributed by atoms with Gasteiger partial charge in [0.05, 0.1) is 6.54 Å². The summed E-state index contributed by atoms with van der Waals surface area (Å²) < 4.78 is 5.07. The maximum atomic E-state index is 11.9. The van der Waals surface area contributed by atoms with Gasteiger partial charge in [0.15, 0.2) is 5.78 Å². The Kier molecular flexibility index (Phi) is 3.79. The van der Waals surface area contributed by atoms with E-state index in [-0.39, 0.29) is 17.9 Å². The van der Waals surface area contributed by atoms with Crippen LogP contribution < -0.4 is 0 Å². The van der Waals surface area contributed by atoms with Gasteiger partial charge < -0.3 is 9.64 Å². The van der Waals surface area contributed by atoms with Crippen LogP contribution in [0, 0.1) is 0 Å². The van der Waals surface area contributed by atoms with Crippen molar-refractivity contribution in [2.75, 3.05) is 20.6 Å². The molecule has 0 N–H and O–H groups in total. The molecule has 2 amide bonds. The lowest BCUT2D eigenvalue weighted by atomic mass is 10.2. The van der Waals surface area contributed by atoms with Crippen LogP contribution in [0.25, 0.3) is 0 Å². The van der Waals surface area contributed by atoms with Crippen molar-refractivity contribution in [2.24, 2.45) is 0 Å². The van der Waals surface area contributed by atoms with E-state index in [1.54, 1.807) is 39.8 Å². The Morgan fingerprint density at radius 3 is 2.33 bits per heavy atom. The SMILES string of the molecule is CN(C)/C=C1/C(=O)CN(C(=O)OC(C)(C)C)C1=O. The number of hydrogen-bond donors (Lipinski definition) is 0. The van der Waals surface area contributed by atoms with Gasteiger partial charge in [0.1, 0.15) is 11.2 Å². The first kappa shape index (κ1) is 14.2. The molecule has 1 heterocycles. The smallest absolute Gasteiger partial charge is 0.417 e. The van der Waals surface area contributed by atoms with Gasteiger partial charge in [-0.05, 0) is 20.8 Å². The molecule has 18 heavy (non-hydrogen) atoms. The molecule has 0 radical (unpaired) electrons. The highest BCUT2D eigenvalue weighted by atomic mass is 16.6. The Morgan fingerprint density at radius 1 is 1.33 bits per heavy atom. The van der Waals surface area contributed by atoms with Gasteiger partial charge in [0.2, 0.25) is 0 Å². The topological polar surface area (TPSA) is 66.9 Å². The van der Waals surface area contributed by atoms with Gasteiger partial charge in [-0.15, -0.1) is 0 Å². The van der Waals surface area contributed by atoms with Crippen LogP contribution in [0.5, 0.6) is 0 Å². The van der Waals surface area contributed by atoms with Crippen LogP contribution in [-0.2, 0) is 14.3 Å². The van der Waals surface area contributed by atoms with Crippen molar-refractivity contribution in [3.8, 4) is 0 Å². The highest BCUT2D eigenvalue weighted by Crippen LogP contribution is 2.18. The van der Waals surface area contributed by atoms with Crippen molar-refractivity contribution >= 4 is 17.8 Å². The number of nitrogens with zero attached hydrogens (tertiary/aromatic N) is 2. The van der Waals surface area contributed by atoms with Gasteiger partial charge in [0, 0.05) is 20.3 Å². The van der Waals surface area contributed by atoms with E-state index in [0.29, 0.717) is 0 Å². The largest absolute Gasteiger partial charge is 0.443 e. The molecule has 1 fully saturated rings. The molecule has 6 heteroatoms. The van der Waals surface area contributed by atoms with E-state index in [2.05, 4.69) is 0 Å². The Hall–Kier alpha value is -1.85. The summed E-state index contributed by atoms with van der Waals surface area (Å²) in [5.41, 5.74) is -0.695. The number of carbonyl (C=O) groups excluding carboxylic acids is 3. The second-order valence-electron chi connectivity index (χ2n) is 5.30. The molecular weight excluding hydrogens is 236 g/mol. The lowest BCUT2D eigenvalue weighted by Crippen LogP contribution is -2.38. The highest BCUT2D eigenvalue weighted by molar-refractivity contribution is 6.28. The van der Waals surface area contributed by atoms with Crippen LogP contribution in [0.1, 0.15) is 20.8 Å². The molecule has 0 aromatic heterocycles. The number of amides is 2. The van der Waals surface area contributed by atoms with Crippen molar-refractivity contribution in [3.63, 3.8) is 0 Å². The molecule has 0 saturated carbocycles. The molecule has 100 valence electrons. The highest BCUT2D eigenvalue weighted by Gasteiger charge is 2.39. The van der Waals surface area contributed by atoms with Crippen molar-refractivity contribution < 1.29 is 19.1 Å². The van der Waals surface area contributed by atoms with E-state index in [1.807, 2.05) is 0 Å². The molecule has 0 unspecified atom stereocenters. The van der Waals surface area contributed by atoms with Crippen LogP contribution in [0.2, 0.25) is 0 Å². The predicted octanol–water partition coefficient (Wildman–Crippen LogP) is 0.778. The third-order valence-corrected chi connectivity index (χ3v) is 2.08. The monoisotopic (exact) mass is 254 g/mol. The van der Waals surface area contributed by atoms with E-state index in [0.717, 1.165) is 4.90 Å². The molecule has 0 aromatic rings. The quantitative estimate of drug-likeness (QED) is 0.511. The maximum absolute atomic E-state index is 11.9. The van der Waals surface area contributed by atoms with Gasteiger partial charge in [-0.3, -0.25) is 9.59 Å². The van der Waals surface area contributed by atoms with Gasteiger partial charge in [0.25, 0.3) is 5.91 Å². The molecular formula is C12H18N2O4. The second-order valence-corrected chi connectivity index (χ2v) is 5.30. The summed E-state index contributed by atoms with van der Waals surface area (Å²) >= 11 is 0. The average Bonchev–Trinajstić information content (AvgIpc) is 2.42. The first-order valence-electron chi connectivity index (χ1n) is 5.58. The fourth-order valence-electron chi connectivity index (χ4n) is 1.42. The number of imide groups is 1. The standard InChI is InChI=1S/C12H18N2O4/c1-12(2,3)18-11(17)14-7-9(15)8(10(14)16)6-13(4)5/h6H,7H2,1-5H3/b8-6-. The number of ketones is 1. The Bertz CT molecular complexity index is 418. The van der Waals surface area contributed by atoms with Crippen LogP contribution >= 0.6 is 0 Å². The van der Waals surface area contributed by atoms with Crippen LogP contribution in [0.3, 0.4) is 0 Å². The Balaban J connectivity index is 2.87. The third-order valence-electron chi connectivity index (χ3n) is 2.08. The van der Waals surface area contributed by atoms with E-state index >= 15 is 0 Å². The first-order chi connectivity index (χ1) is 8.11. The van der Waals surface area contributed by atoms with E-state index in [4.69, 9.17) is 4.74 Å². The van der Waals surface area contributed by atoms with Crippen LogP contribution in [0.15, 0.2) is 11.8 Å². The number of Topliss-reactive ketones (excluding diaryl/α,β-unsaturated/α-hetero) is 1. The molecule has 1 saturated heterocycles. The maximum Gasteiger partial charge on any atom is 0.417 e. The second kappa shape index (κ2) is 4.80. The zero-order valence-corrected chi connectivity index (χ0v) is 11.3. The lowest BCUT2D eigenvalue weighted by molar-refractivity contribution is -0.124. The molecule has 0 aromatic carbocycles. The van der Waals surface area contributed by atoms with Crippen molar-refractivity contribution in [1.29, 1.82) is 0 Å². The summed E-state index contributed by atoms with van der Waals surface area (Å²) in [6, 6.07) is 0. The Morgan fingerprint density at radius 2 is 1.89 bits per heavy atom. The summed E-state index contributed by atoms with van der Waals surface area (Å²) in [5.74, 6) is -0.984. The molecule has 6 nitrogen and oxygen atoms in total. The van der Waals surface area contributed by atoms with Gasteiger partial charge in [-0.1, -0.05) is 0 Å².